The number of benzene rings is 1. The normalized spacial score (nSPS) is 8.33. The van der Waals surface area contributed by atoms with Crippen molar-refractivity contribution >= 4 is 41.3 Å². The monoisotopic (exact) mass is 258 g/mol. The summed E-state index contributed by atoms with van der Waals surface area (Å²) >= 11 is 5.29. The Morgan fingerprint density at radius 1 is 1.22 bits per heavy atom. The summed E-state index contributed by atoms with van der Waals surface area (Å²) in [5.41, 5.74) is 0. The van der Waals surface area contributed by atoms with Crippen LogP contribution in [0.5, 0.6) is 0 Å². The molecule has 0 N–H and O–H groups in total. The van der Waals surface area contributed by atoms with Gasteiger partial charge in [-0.05, 0) is 0 Å². The summed E-state index contributed by atoms with van der Waals surface area (Å²) in [6.07, 6.45) is 0. The Bertz CT molecular complexity index is 167. The Morgan fingerprint density at radius 3 is 2.11 bits per heavy atom. The van der Waals surface area contributed by atoms with Crippen LogP contribution in [0, 0.1) is 0 Å². The molecule has 44 valence electrons. The van der Waals surface area contributed by atoms with Crippen molar-refractivity contribution in [2.24, 2.45) is 0 Å². The molecular formula is C6H4Br2Mg. The minimum atomic E-state index is 0. The van der Waals surface area contributed by atoms with Gasteiger partial charge in [-0.3, -0.25) is 0 Å². The first-order valence-electron chi connectivity index (χ1n) is 2.37. The number of hydrogen-bond donors (Lipinski definition) is 0. The van der Waals surface area contributed by atoms with Crippen LogP contribution in [-0.2, 0) is 0 Å². The topological polar surface area (TPSA) is 0 Å². The SMILES string of the molecule is [Br-].[Mg+][c]1ccccc1Br. The van der Waals surface area contributed by atoms with E-state index in [9.17, 15) is 0 Å². The maximum atomic E-state index is 3.40. The zero-order valence-corrected chi connectivity index (χ0v) is 9.36. The van der Waals surface area contributed by atoms with Crippen LogP contribution in [0.1, 0.15) is 0 Å². The standard InChI is InChI=1S/C6H4Br.BrH.Mg/c7-6-4-2-1-3-5-6;;/h1-4H;1H;/q;;+1/p-1. The molecule has 1 rings (SSSR count). The van der Waals surface area contributed by atoms with Crippen LogP contribution >= 0.6 is 15.9 Å². The molecule has 3 heteroatoms. The Hall–Kier alpha value is 0.946. The molecule has 0 aromatic heterocycles. The molecule has 9 heavy (non-hydrogen) atoms. The predicted octanol–water partition coefficient (Wildman–Crippen LogP) is -1.75. The molecule has 1 aromatic carbocycles. The van der Waals surface area contributed by atoms with Gasteiger partial charge in [0.25, 0.3) is 0 Å². The van der Waals surface area contributed by atoms with Gasteiger partial charge in [-0.15, -0.1) is 0 Å². The van der Waals surface area contributed by atoms with Crippen LogP contribution in [0.3, 0.4) is 0 Å². The van der Waals surface area contributed by atoms with Crippen molar-refractivity contribution in [1.29, 1.82) is 0 Å². The van der Waals surface area contributed by atoms with Gasteiger partial charge in [-0.2, -0.15) is 0 Å². The number of hydrogen-bond acceptors (Lipinski definition) is 0. The van der Waals surface area contributed by atoms with E-state index in [0.717, 1.165) is 0 Å². The van der Waals surface area contributed by atoms with Crippen molar-refractivity contribution in [2.45, 2.75) is 0 Å². The van der Waals surface area contributed by atoms with Crippen molar-refractivity contribution in [3.8, 4) is 0 Å². The van der Waals surface area contributed by atoms with Gasteiger partial charge in [0.05, 0.1) is 0 Å². The molecule has 0 fully saturated rings. The molecule has 0 aliphatic heterocycles. The van der Waals surface area contributed by atoms with Gasteiger partial charge in [0.15, 0.2) is 0 Å². The first kappa shape index (κ1) is 9.95. The van der Waals surface area contributed by atoms with E-state index in [1.54, 1.807) is 0 Å². The van der Waals surface area contributed by atoms with Gasteiger partial charge in [0.1, 0.15) is 0 Å². The zero-order valence-electron chi connectivity index (χ0n) is 4.77. The van der Waals surface area contributed by atoms with Crippen molar-refractivity contribution in [3.05, 3.63) is 28.7 Å². The van der Waals surface area contributed by atoms with Gasteiger partial charge in [-0.25, -0.2) is 0 Å². The zero-order chi connectivity index (χ0) is 5.98. The molecule has 0 saturated heterocycles. The summed E-state index contributed by atoms with van der Waals surface area (Å²) in [6.45, 7) is 0. The van der Waals surface area contributed by atoms with E-state index in [2.05, 4.69) is 22.0 Å². The Labute approximate surface area is 86.4 Å². The third-order valence-corrected chi connectivity index (χ3v) is 2.87. The first-order valence-corrected chi connectivity index (χ1v) is 3.87. The molecule has 0 unspecified atom stereocenters. The molecule has 0 aliphatic carbocycles. The summed E-state index contributed by atoms with van der Waals surface area (Å²) in [6, 6.07) is 8.18. The summed E-state index contributed by atoms with van der Waals surface area (Å²) in [7, 11) is 0. The second-order valence-corrected chi connectivity index (χ2v) is 3.21. The molecule has 1 aromatic rings. The summed E-state index contributed by atoms with van der Waals surface area (Å²) in [5.74, 6) is 0. The Kier molecular flexibility index (Phi) is 5.21. The van der Waals surface area contributed by atoms with Crippen LogP contribution < -0.4 is 20.7 Å². The fraction of sp³-hybridized carbons (Fsp3) is 0. The quantitative estimate of drug-likeness (QED) is 0.485. The van der Waals surface area contributed by atoms with E-state index in [0.29, 0.717) is 0 Å². The van der Waals surface area contributed by atoms with E-state index in [1.165, 1.54) is 8.17 Å². The summed E-state index contributed by atoms with van der Waals surface area (Å²) in [5, 5.41) is 0. The molecule has 0 radical (unpaired) electrons. The van der Waals surface area contributed by atoms with Crippen LogP contribution in [0.4, 0.5) is 0 Å². The van der Waals surface area contributed by atoms with Crippen molar-refractivity contribution in [1.82, 2.24) is 0 Å². The predicted molar refractivity (Wildman–Crippen MR) is 39.5 cm³/mol. The Balaban J connectivity index is 0.000000640. The van der Waals surface area contributed by atoms with Crippen LogP contribution in [0.2, 0.25) is 0 Å². The fourth-order valence-electron chi connectivity index (χ4n) is 0.498. The average molecular weight is 260 g/mol. The Morgan fingerprint density at radius 2 is 1.78 bits per heavy atom. The van der Waals surface area contributed by atoms with Crippen LogP contribution in [-0.4, -0.2) is 21.7 Å². The van der Waals surface area contributed by atoms with E-state index >= 15 is 0 Å². The van der Waals surface area contributed by atoms with Crippen molar-refractivity contribution in [2.75, 3.05) is 0 Å². The molecule has 0 heterocycles. The van der Waals surface area contributed by atoms with E-state index in [-0.39, 0.29) is 17.0 Å². The second kappa shape index (κ2) is 4.71. The third-order valence-electron chi connectivity index (χ3n) is 0.958. The van der Waals surface area contributed by atoms with Crippen LogP contribution in [0.15, 0.2) is 28.7 Å². The fourth-order valence-corrected chi connectivity index (χ4v) is 1.04. The number of halogens is 2. The van der Waals surface area contributed by atoms with Gasteiger partial charge >= 0.3 is 70.1 Å². The molecule has 0 saturated carbocycles. The molecule has 0 nitrogen and oxygen atoms in total. The van der Waals surface area contributed by atoms with E-state index in [4.69, 9.17) is 0 Å². The third kappa shape index (κ3) is 3.02. The molecular weight excluding hydrogens is 256 g/mol. The molecule has 0 aliphatic rings. The van der Waals surface area contributed by atoms with Gasteiger partial charge in [0.2, 0.25) is 0 Å². The number of rotatable bonds is 0. The maximum absolute atomic E-state index is 3.40. The molecule has 0 bridgehead atoms. The molecule has 0 spiro atoms. The van der Waals surface area contributed by atoms with Gasteiger partial charge < -0.3 is 17.0 Å². The van der Waals surface area contributed by atoms with Crippen LogP contribution in [0.25, 0.3) is 0 Å². The van der Waals surface area contributed by atoms with Crippen molar-refractivity contribution in [3.63, 3.8) is 0 Å². The first-order chi connectivity index (χ1) is 3.80. The van der Waals surface area contributed by atoms with Gasteiger partial charge in [-0.1, -0.05) is 0 Å². The second-order valence-electron chi connectivity index (χ2n) is 1.59. The summed E-state index contributed by atoms with van der Waals surface area (Å²) < 4.78 is 2.51. The minimum absolute atomic E-state index is 0. The molecule has 0 atom stereocenters. The molecule has 0 amide bonds. The average Bonchev–Trinajstić information content (AvgIpc) is 1.77. The van der Waals surface area contributed by atoms with E-state index < -0.39 is 0 Å². The van der Waals surface area contributed by atoms with E-state index in [1.807, 2.05) is 39.9 Å². The summed E-state index contributed by atoms with van der Waals surface area (Å²) in [4.78, 5) is 0. The van der Waals surface area contributed by atoms with Gasteiger partial charge in [0, 0.05) is 0 Å². The van der Waals surface area contributed by atoms with Crippen molar-refractivity contribution < 1.29 is 17.0 Å².